The van der Waals surface area contributed by atoms with Crippen LogP contribution in [0.25, 0.3) is 0 Å². The SMILES string of the molecule is O=C(OC[C@@H]1[C@@H](OC(=O)c2ccccc2)[C@H](OC(=O)c2ccccc2)[C@H]2COC(=O)N12)c1ccccc1. The van der Waals surface area contributed by atoms with Crippen LogP contribution < -0.4 is 0 Å². The Morgan fingerprint density at radius 1 is 0.703 bits per heavy atom. The molecule has 0 radical (unpaired) electrons. The van der Waals surface area contributed by atoms with Gasteiger partial charge in [-0.15, -0.1) is 0 Å². The Hall–Kier alpha value is -4.66. The van der Waals surface area contributed by atoms with Gasteiger partial charge in [0.15, 0.2) is 12.2 Å². The molecule has 0 aromatic heterocycles. The highest BCUT2D eigenvalue weighted by Gasteiger charge is 2.59. The van der Waals surface area contributed by atoms with Crippen molar-refractivity contribution in [1.29, 1.82) is 0 Å². The van der Waals surface area contributed by atoms with Crippen LogP contribution in [0.4, 0.5) is 4.79 Å². The largest absolute Gasteiger partial charge is 0.460 e. The average Bonchev–Trinajstić information content (AvgIpc) is 3.46. The third kappa shape index (κ3) is 5.02. The van der Waals surface area contributed by atoms with E-state index < -0.39 is 48.3 Å². The molecule has 0 saturated carbocycles. The van der Waals surface area contributed by atoms with Gasteiger partial charge in [-0.1, -0.05) is 54.6 Å². The van der Waals surface area contributed by atoms with Crippen LogP contribution in [-0.4, -0.2) is 66.4 Å². The number of carbonyl (C=O) groups excluding carboxylic acids is 4. The van der Waals surface area contributed by atoms with Crippen LogP contribution in [0.1, 0.15) is 31.1 Å². The summed E-state index contributed by atoms with van der Waals surface area (Å²) in [6.45, 7) is -0.375. The van der Waals surface area contributed by atoms with Crippen molar-refractivity contribution in [2.45, 2.75) is 24.3 Å². The molecule has 0 bridgehead atoms. The van der Waals surface area contributed by atoms with Gasteiger partial charge in [0.2, 0.25) is 0 Å². The number of ether oxygens (including phenoxy) is 4. The molecule has 0 aliphatic carbocycles. The predicted octanol–water partition coefficient (Wildman–Crippen LogP) is 3.50. The highest BCUT2D eigenvalue weighted by molar-refractivity contribution is 5.91. The number of carbonyl (C=O) groups is 4. The van der Waals surface area contributed by atoms with Crippen LogP contribution in [0.2, 0.25) is 0 Å². The van der Waals surface area contributed by atoms with E-state index in [1.807, 2.05) is 0 Å². The fraction of sp³-hybridized carbons (Fsp3) is 0.214. The van der Waals surface area contributed by atoms with Crippen LogP contribution in [0.15, 0.2) is 91.0 Å². The zero-order chi connectivity index (χ0) is 25.8. The lowest BCUT2D eigenvalue weighted by molar-refractivity contribution is -0.0408. The number of nitrogens with zero attached hydrogens (tertiary/aromatic N) is 1. The number of esters is 3. The standard InChI is InChI=1S/C28H23NO8/c30-25(18-10-4-1-5-11-18)34-16-21-23(36-26(31)19-12-6-2-7-13-19)24(22-17-35-28(33)29(21)22)37-27(32)20-14-8-3-9-15-20/h1-15,21-24H,16-17H2/t21-,22-,23-,24-/m1/s1. The number of rotatable bonds is 7. The first-order valence-electron chi connectivity index (χ1n) is 11.7. The van der Waals surface area contributed by atoms with Gasteiger partial charge in [0.1, 0.15) is 25.3 Å². The Balaban J connectivity index is 1.43. The molecule has 3 aromatic rings. The number of fused-ring (bicyclic) bond motifs is 1. The molecule has 9 heteroatoms. The molecule has 2 fully saturated rings. The summed E-state index contributed by atoms with van der Waals surface area (Å²) in [4.78, 5) is 52.5. The number of hydrogen-bond acceptors (Lipinski definition) is 8. The van der Waals surface area contributed by atoms with Gasteiger partial charge in [-0.2, -0.15) is 0 Å². The van der Waals surface area contributed by atoms with Crippen molar-refractivity contribution in [3.05, 3.63) is 108 Å². The van der Waals surface area contributed by atoms with E-state index in [4.69, 9.17) is 18.9 Å². The summed E-state index contributed by atoms with van der Waals surface area (Å²) in [6.07, 6.45) is -2.83. The minimum atomic E-state index is -1.11. The van der Waals surface area contributed by atoms with Gasteiger partial charge in [0, 0.05) is 0 Å². The molecule has 0 N–H and O–H groups in total. The van der Waals surface area contributed by atoms with Crippen LogP contribution >= 0.6 is 0 Å². The van der Waals surface area contributed by atoms with E-state index >= 15 is 0 Å². The molecule has 5 rings (SSSR count). The van der Waals surface area contributed by atoms with Crippen molar-refractivity contribution in [3.63, 3.8) is 0 Å². The first kappa shape index (κ1) is 24.1. The normalized spacial score (nSPS) is 22.1. The summed E-state index contributed by atoms with van der Waals surface area (Å²) >= 11 is 0. The van der Waals surface area contributed by atoms with E-state index in [1.165, 1.54) is 4.90 Å². The fourth-order valence-electron chi connectivity index (χ4n) is 4.49. The molecule has 4 atom stereocenters. The Kier molecular flexibility index (Phi) is 6.85. The summed E-state index contributed by atoms with van der Waals surface area (Å²) in [7, 11) is 0. The lowest BCUT2D eigenvalue weighted by Gasteiger charge is -2.26. The molecule has 37 heavy (non-hydrogen) atoms. The molecule has 2 heterocycles. The van der Waals surface area contributed by atoms with Crippen LogP contribution in [0.5, 0.6) is 0 Å². The molecule has 0 spiro atoms. The maximum absolute atomic E-state index is 13.0. The topological polar surface area (TPSA) is 108 Å². The zero-order valence-corrected chi connectivity index (χ0v) is 19.6. The highest BCUT2D eigenvalue weighted by atomic mass is 16.6. The summed E-state index contributed by atoms with van der Waals surface area (Å²) < 4.78 is 22.3. The predicted molar refractivity (Wildman–Crippen MR) is 129 cm³/mol. The molecule has 2 aliphatic rings. The van der Waals surface area contributed by atoms with Gasteiger partial charge >= 0.3 is 24.0 Å². The van der Waals surface area contributed by atoms with Gasteiger partial charge in [-0.25, -0.2) is 19.2 Å². The Morgan fingerprint density at radius 3 is 1.68 bits per heavy atom. The van der Waals surface area contributed by atoms with Crippen LogP contribution in [-0.2, 0) is 18.9 Å². The number of hydrogen-bond donors (Lipinski definition) is 0. The maximum atomic E-state index is 13.0. The van der Waals surface area contributed by atoms with Gasteiger partial charge < -0.3 is 18.9 Å². The first-order valence-corrected chi connectivity index (χ1v) is 11.7. The fourth-order valence-corrected chi connectivity index (χ4v) is 4.49. The molecule has 3 aromatic carbocycles. The van der Waals surface area contributed by atoms with E-state index in [0.29, 0.717) is 11.1 Å². The molecular formula is C28H23NO8. The molecule has 0 unspecified atom stereocenters. The third-order valence-electron chi connectivity index (χ3n) is 6.29. The first-order chi connectivity index (χ1) is 18.0. The molecule has 2 aliphatic heterocycles. The Bertz CT molecular complexity index is 1280. The number of amides is 1. The average molecular weight is 501 g/mol. The van der Waals surface area contributed by atoms with E-state index in [9.17, 15) is 19.2 Å². The third-order valence-corrected chi connectivity index (χ3v) is 6.29. The van der Waals surface area contributed by atoms with Crippen molar-refractivity contribution in [3.8, 4) is 0 Å². The molecule has 2 saturated heterocycles. The summed E-state index contributed by atoms with van der Waals surface area (Å²) in [6, 6.07) is 23.3. The summed E-state index contributed by atoms with van der Waals surface area (Å²) in [5.74, 6) is -1.92. The van der Waals surface area contributed by atoms with E-state index in [1.54, 1.807) is 91.0 Å². The van der Waals surface area contributed by atoms with Gasteiger partial charge in [-0.05, 0) is 36.4 Å². The number of benzene rings is 3. The maximum Gasteiger partial charge on any atom is 0.410 e. The minimum Gasteiger partial charge on any atom is -0.460 e. The quantitative estimate of drug-likeness (QED) is 0.358. The van der Waals surface area contributed by atoms with Gasteiger partial charge in [-0.3, -0.25) is 4.90 Å². The molecule has 1 amide bonds. The minimum absolute atomic E-state index is 0.0753. The van der Waals surface area contributed by atoms with Crippen LogP contribution in [0, 0.1) is 0 Å². The zero-order valence-electron chi connectivity index (χ0n) is 19.6. The highest BCUT2D eigenvalue weighted by Crippen LogP contribution is 2.36. The Labute approximate surface area is 212 Å². The molecular weight excluding hydrogens is 478 g/mol. The Morgan fingerprint density at radius 2 is 1.16 bits per heavy atom. The van der Waals surface area contributed by atoms with E-state index in [0.717, 1.165) is 0 Å². The van der Waals surface area contributed by atoms with Crippen LogP contribution in [0.3, 0.4) is 0 Å². The molecule has 9 nitrogen and oxygen atoms in total. The second-order valence-electron chi connectivity index (χ2n) is 8.56. The van der Waals surface area contributed by atoms with Crippen molar-refractivity contribution < 1.29 is 38.1 Å². The summed E-state index contributed by atoms with van der Waals surface area (Å²) in [5.41, 5.74) is 0.905. The van der Waals surface area contributed by atoms with Crippen molar-refractivity contribution >= 4 is 24.0 Å². The monoisotopic (exact) mass is 501 g/mol. The van der Waals surface area contributed by atoms with E-state index in [2.05, 4.69) is 0 Å². The molecule has 188 valence electrons. The van der Waals surface area contributed by atoms with Crippen molar-refractivity contribution in [1.82, 2.24) is 4.90 Å². The number of cyclic esters (lactones) is 1. The van der Waals surface area contributed by atoms with Crippen molar-refractivity contribution in [2.24, 2.45) is 0 Å². The van der Waals surface area contributed by atoms with E-state index in [-0.39, 0.29) is 18.8 Å². The van der Waals surface area contributed by atoms with Gasteiger partial charge in [0.25, 0.3) is 0 Å². The lowest BCUT2D eigenvalue weighted by Crippen LogP contribution is -2.45. The lowest BCUT2D eigenvalue weighted by atomic mass is 10.1. The smallest absolute Gasteiger partial charge is 0.410 e. The summed E-state index contributed by atoms with van der Waals surface area (Å²) in [5, 5.41) is 0. The van der Waals surface area contributed by atoms with Gasteiger partial charge in [0.05, 0.1) is 16.7 Å². The second-order valence-corrected chi connectivity index (χ2v) is 8.56. The second kappa shape index (κ2) is 10.5. The van der Waals surface area contributed by atoms with Crippen molar-refractivity contribution in [2.75, 3.05) is 13.2 Å².